The SMILES string of the molecule is COCC1CCOC2(CC(C)(C)NC(C)(C)C2)N1. The maximum absolute atomic E-state index is 6.15. The molecule has 2 fully saturated rings. The third-order valence-electron chi connectivity index (χ3n) is 3.81. The minimum absolute atomic E-state index is 0.0870. The summed E-state index contributed by atoms with van der Waals surface area (Å²) < 4.78 is 11.4. The van der Waals surface area contributed by atoms with Gasteiger partial charge in [0.1, 0.15) is 5.72 Å². The lowest BCUT2D eigenvalue weighted by atomic mass is 9.76. The molecule has 0 aliphatic carbocycles. The highest BCUT2D eigenvalue weighted by molar-refractivity contribution is 5.05. The van der Waals surface area contributed by atoms with E-state index in [-0.39, 0.29) is 16.8 Å². The van der Waals surface area contributed by atoms with Crippen molar-refractivity contribution in [1.29, 1.82) is 0 Å². The molecule has 0 aromatic heterocycles. The van der Waals surface area contributed by atoms with Crippen molar-refractivity contribution in [2.45, 2.75) is 69.8 Å². The predicted molar refractivity (Wildman–Crippen MR) is 72.6 cm³/mol. The summed E-state index contributed by atoms with van der Waals surface area (Å²) in [4.78, 5) is 0. The van der Waals surface area contributed by atoms with Crippen molar-refractivity contribution in [3.63, 3.8) is 0 Å². The van der Waals surface area contributed by atoms with Crippen LogP contribution in [0.15, 0.2) is 0 Å². The van der Waals surface area contributed by atoms with Gasteiger partial charge in [0.05, 0.1) is 13.2 Å². The van der Waals surface area contributed by atoms with Crippen LogP contribution in [0.3, 0.4) is 0 Å². The van der Waals surface area contributed by atoms with E-state index < -0.39 is 0 Å². The minimum atomic E-state index is -0.195. The molecule has 106 valence electrons. The fraction of sp³-hybridized carbons (Fsp3) is 1.00. The van der Waals surface area contributed by atoms with Gasteiger partial charge >= 0.3 is 0 Å². The van der Waals surface area contributed by atoms with Gasteiger partial charge in [-0.15, -0.1) is 0 Å². The van der Waals surface area contributed by atoms with Gasteiger partial charge in [-0.2, -0.15) is 0 Å². The summed E-state index contributed by atoms with van der Waals surface area (Å²) in [6, 6.07) is 0.411. The molecular weight excluding hydrogens is 228 g/mol. The maximum atomic E-state index is 6.15. The van der Waals surface area contributed by atoms with Crippen molar-refractivity contribution in [1.82, 2.24) is 10.6 Å². The highest BCUT2D eigenvalue weighted by atomic mass is 16.5. The van der Waals surface area contributed by atoms with E-state index in [0.717, 1.165) is 32.5 Å². The molecule has 2 saturated heterocycles. The fourth-order valence-electron chi connectivity index (χ4n) is 3.91. The molecule has 1 atom stereocenters. The Morgan fingerprint density at radius 3 is 2.33 bits per heavy atom. The molecule has 0 aromatic carbocycles. The van der Waals surface area contributed by atoms with E-state index in [1.165, 1.54) is 0 Å². The van der Waals surface area contributed by atoms with Gasteiger partial charge < -0.3 is 14.8 Å². The monoisotopic (exact) mass is 256 g/mol. The predicted octanol–water partition coefficient (Wildman–Crippen LogP) is 1.65. The van der Waals surface area contributed by atoms with Gasteiger partial charge in [0.15, 0.2) is 0 Å². The first-order chi connectivity index (χ1) is 8.26. The van der Waals surface area contributed by atoms with E-state index in [1.54, 1.807) is 7.11 Å². The van der Waals surface area contributed by atoms with Crippen LogP contribution in [-0.2, 0) is 9.47 Å². The quantitative estimate of drug-likeness (QED) is 0.788. The molecule has 0 aromatic rings. The standard InChI is InChI=1S/C14H28N2O2/c1-12(2)9-14(10-13(3,4)16-12)15-11(8-17-5)6-7-18-14/h11,15-16H,6-10H2,1-5H3. The number of ether oxygens (including phenoxy) is 2. The number of piperidine rings is 1. The normalized spacial score (nSPS) is 33.5. The van der Waals surface area contributed by atoms with Gasteiger partial charge in [0.2, 0.25) is 0 Å². The highest BCUT2D eigenvalue weighted by Gasteiger charge is 2.49. The second-order valence-corrected chi connectivity index (χ2v) is 7.17. The summed E-state index contributed by atoms with van der Waals surface area (Å²) in [5.41, 5.74) is -0.0207. The number of rotatable bonds is 2. The Balaban J connectivity index is 2.13. The van der Waals surface area contributed by atoms with Crippen molar-refractivity contribution < 1.29 is 9.47 Å². The largest absolute Gasteiger partial charge is 0.383 e. The van der Waals surface area contributed by atoms with Crippen LogP contribution >= 0.6 is 0 Å². The molecule has 0 amide bonds. The van der Waals surface area contributed by atoms with Gasteiger partial charge in [-0.1, -0.05) is 0 Å². The van der Waals surface area contributed by atoms with Crippen LogP contribution in [0.1, 0.15) is 47.0 Å². The molecule has 0 bridgehead atoms. The lowest BCUT2D eigenvalue weighted by molar-refractivity contribution is -0.164. The Bertz CT molecular complexity index is 284. The first-order valence-electron chi connectivity index (χ1n) is 6.96. The highest BCUT2D eigenvalue weighted by Crippen LogP contribution is 2.38. The van der Waals surface area contributed by atoms with E-state index >= 15 is 0 Å². The lowest BCUT2D eigenvalue weighted by Crippen LogP contribution is -2.71. The Morgan fingerprint density at radius 2 is 1.78 bits per heavy atom. The molecule has 2 aliphatic heterocycles. The summed E-state index contributed by atoms with van der Waals surface area (Å²) in [7, 11) is 1.76. The Hall–Kier alpha value is -0.160. The first-order valence-corrected chi connectivity index (χ1v) is 6.96. The average Bonchev–Trinajstić information content (AvgIpc) is 2.11. The molecule has 4 heteroatoms. The van der Waals surface area contributed by atoms with Crippen LogP contribution in [0.2, 0.25) is 0 Å². The van der Waals surface area contributed by atoms with Crippen molar-refractivity contribution in [3.05, 3.63) is 0 Å². The van der Waals surface area contributed by atoms with E-state index in [9.17, 15) is 0 Å². The summed E-state index contributed by atoms with van der Waals surface area (Å²) in [6.07, 6.45) is 3.01. The van der Waals surface area contributed by atoms with Crippen LogP contribution in [0.5, 0.6) is 0 Å². The topological polar surface area (TPSA) is 42.5 Å². The first kappa shape index (κ1) is 14.3. The molecule has 2 N–H and O–H groups in total. The number of hydrogen-bond acceptors (Lipinski definition) is 4. The van der Waals surface area contributed by atoms with Crippen LogP contribution in [-0.4, -0.2) is 43.2 Å². The fourth-order valence-corrected chi connectivity index (χ4v) is 3.91. The Labute approximate surface area is 111 Å². The van der Waals surface area contributed by atoms with Crippen molar-refractivity contribution >= 4 is 0 Å². The van der Waals surface area contributed by atoms with E-state index in [0.29, 0.717) is 6.04 Å². The van der Waals surface area contributed by atoms with Gasteiger partial charge in [-0.3, -0.25) is 5.32 Å². The van der Waals surface area contributed by atoms with Crippen LogP contribution in [0.25, 0.3) is 0 Å². The summed E-state index contributed by atoms with van der Waals surface area (Å²) >= 11 is 0. The molecule has 1 spiro atoms. The van der Waals surface area contributed by atoms with Crippen LogP contribution in [0.4, 0.5) is 0 Å². The Morgan fingerprint density at radius 1 is 1.17 bits per heavy atom. The van der Waals surface area contributed by atoms with E-state index in [2.05, 4.69) is 38.3 Å². The summed E-state index contributed by atoms with van der Waals surface area (Å²) in [6.45, 7) is 10.6. The molecule has 0 radical (unpaired) electrons. The zero-order valence-electron chi connectivity index (χ0n) is 12.4. The maximum Gasteiger partial charge on any atom is 0.123 e. The van der Waals surface area contributed by atoms with E-state index in [4.69, 9.17) is 9.47 Å². The summed E-state index contributed by atoms with van der Waals surface area (Å²) in [5.74, 6) is 0. The van der Waals surface area contributed by atoms with Crippen LogP contribution in [0, 0.1) is 0 Å². The second kappa shape index (κ2) is 4.75. The molecule has 1 unspecified atom stereocenters. The molecule has 2 heterocycles. The lowest BCUT2D eigenvalue weighted by Gasteiger charge is -2.55. The molecule has 4 nitrogen and oxygen atoms in total. The van der Waals surface area contributed by atoms with Crippen molar-refractivity contribution in [3.8, 4) is 0 Å². The number of hydrogen-bond donors (Lipinski definition) is 2. The zero-order chi connectivity index (χ0) is 13.4. The van der Waals surface area contributed by atoms with Gasteiger partial charge in [-0.05, 0) is 34.1 Å². The van der Waals surface area contributed by atoms with Crippen molar-refractivity contribution in [2.24, 2.45) is 0 Å². The van der Waals surface area contributed by atoms with Gasteiger partial charge in [-0.25, -0.2) is 0 Å². The third-order valence-corrected chi connectivity index (χ3v) is 3.81. The minimum Gasteiger partial charge on any atom is -0.383 e. The van der Waals surface area contributed by atoms with Gasteiger partial charge in [0.25, 0.3) is 0 Å². The molecule has 0 saturated carbocycles. The molecule has 2 aliphatic rings. The van der Waals surface area contributed by atoms with Gasteiger partial charge in [0, 0.05) is 37.1 Å². The van der Waals surface area contributed by atoms with E-state index in [1.807, 2.05) is 0 Å². The second-order valence-electron chi connectivity index (χ2n) is 7.17. The average molecular weight is 256 g/mol. The Kier molecular flexibility index (Phi) is 3.76. The zero-order valence-corrected chi connectivity index (χ0v) is 12.4. The summed E-state index contributed by atoms with van der Waals surface area (Å²) in [5, 5.41) is 7.39. The van der Waals surface area contributed by atoms with Crippen LogP contribution < -0.4 is 10.6 Å². The molecule has 2 rings (SSSR count). The molecular formula is C14H28N2O2. The molecule has 18 heavy (non-hydrogen) atoms. The number of nitrogens with one attached hydrogen (secondary N) is 2. The third kappa shape index (κ3) is 3.23. The number of methoxy groups -OCH3 is 1. The van der Waals surface area contributed by atoms with Crippen molar-refractivity contribution in [2.75, 3.05) is 20.3 Å². The smallest absolute Gasteiger partial charge is 0.123 e.